The molecule has 0 radical (unpaired) electrons. The molecule has 1 aliphatic heterocycles. The van der Waals surface area contributed by atoms with Crippen LogP contribution in [0.4, 0.5) is 17.5 Å². The molecule has 5 rings (SSSR count). The molecule has 0 spiro atoms. The Balaban J connectivity index is 1.41. The van der Waals surface area contributed by atoms with Crippen LogP contribution in [0, 0.1) is 6.92 Å². The highest BCUT2D eigenvalue weighted by molar-refractivity contribution is 6.37. The van der Waals surface area contributed by atoms with Gasteiger partial charge in [-0.15, -0.1) is 0 Å². The van der Waals surface area contributed by atoms with Crippen molar-refractivity contribution in [1.29, 1.82) is 0 Å². The summed E-state index contributed by atoms with van der Waals surface area (Å²) in [5.41, 5.74) is 2.89. The van der Waals surface area contributed by atoms with E-state index >= 15 is 0 Å². The third-order valence-electron chi connectivity index (χ3n) is 6.49. The van der Waals surface area contributed by atoms with E-state index in [1.165, 1.54) is 0 Å². The summed E-state index contributed by atoms with van der Waals surface area (Å²) >= 11 is 6.71. The highest BCUT2D eigenvalue weighted by Crippen LogP contribution is 2.36. The van der Waals surface area contributed by atoms with Crippen molar-refractivity contribution < 1.29 is 4.74 Å². The molecule has 1 aliphatic rings. The first kappa shape index (κ1) is 26.0. The summed E-state index contributed by atoms with van der Waals surface area (Å²) in [7, 11) is 4.21. The zero-order chi connectivity index (χ0) is 26.6. The Morgan fingerprint density at radius 1 is 1.11 bits per heavy atom. The van der Waals surface area contributed by atoms with Crippen molar-refractivity contribution >= 4 is 46.0 Å². The predicted molar refractivity (Wildman–Crippen MR) is 154 cm³/mol. The van der Waals surface area contributed by atoms with Crippen LogP contribution in [0.25, 0.3) is 17.0 Å². The lowest BCUT2D eigenvalue weighted by Crippen LogP contribution is -2.48. The largest absolute Gasteiger partial charge is 0.423 e. The van der Waals surface area contributed by atoms with Crippen LogP contribution >= 0.6 is 11.6 Å². The maximum absolute atomic E-state index is 6.71. The van der Waals surface area contributed by atoms with Crippen molar-refractivity contribution in [2.24, 2.45) is 0 Å². The van der Waals surface area contributed by atoms with Crippen LogP contribution in [-0.2, 0) is 0 Å². The third-order valence-corrected chi connectivity index (χ3v) is 6.88. The Labute approximate surface area is 227 Å². The number of aryl methyl sites for hydroxylation is 1. The van der Waals surface area contributed by atoms with E-state index in [0.717, 1.165) is 67.4 Å². The molecule has 11 heteroatoms. The summed E-state index contributed by atoms with van der Waals surface area (Å²) in [6.45, 7) is 9.74. The number of nitrogens with zero attached hydrogens (tertiary/aromatic N) is 6. The van der Waals surface area contributed by atoms with Crippen molar-refractivity contribution in [1.82, 2.24) is 34.9 Å². The van der Waals surface area contributed by atoms with E-state index in [0.29, 0.717) is 22.4 Å². The van der Waals surface area contributed by atoms with Crippen LogP contribution in [0.1, 0.15) is 18.3 Å². The number of halogens is 1. The maximum Gasteiger partial charge on any atom is 0.325 e. The number of likely N-dealkylation sites (N-methyl/N-ethyl adjacent to an activating group) is 1. The van der Waals surface area contributed by atoms with Gasteiger partial charge in [-0.2, -0.15) is 15.1 Å². The van der Waals surface area contributed by atoms with Crippen molar-refractivity contribution in [3.8, 4) is 11.8 Å². The zero-order valence-corrected chi connectivity index (χ0v) is 23.0. The summed E-state index contributed by atoms with van der Waals surface area (Å²) in [5.74, 6) is 2.55. The van der Waals surface area contributed by atoms with Gasteiger partial charge in [0.25, 0.3) is 0 Å². The van der Waals surface area contributed by atoms with Crippen molar-refractivity contribution in [2.45, 2.75) is 13.8 Å². The lowest BCUT2D eigenvalue weighted by atomic mass is 10.2. The van der Waals surface area contributed by atoms with E-state index in [2.05, 4.69) is 54.3 Å². The van der Waals surface area contributed by atoms with E-state index in [4.69, 9.17) is 21.3 Å². The molecule has 0 unspecified atom stereocenters. The molecule has 4 aromatic rings. The number of anilines is 3. The highest BCUT2D eigenvalue weighted by Gasteiger charge is 2.21. The number of nitrogens with one attached hydrogen (secondary N) is 3. The van der Waals surface area contributed by atoms with Crippen LogP contribution in [0.2, 0.25) is 5.02 Å². The number of rotatable bonds is 9. The average molecular weight is 536 g/mol. The Kier molecular flexibility index (Phi) is 7.82. The summed E-state index contributed by atoms with van der Waals surface area (Å²) in [4.78, 5) is 19.7. The molecule has 0 saturated carbocycles. The molecular weight excluding hydrogens is 502 g/mol. The van der Waals surface area contributed by atoms with Gasteiger partial charge in [-0.3, -0.25) is 10.00 Å². The number of aromatic amines is 2. The summed E-state index contributed by atoms with van der Waals surface area (Å²) in [6, 6.07) is 9.87. The smallest absolute Gasteiger partial charge is 0.325 e. The number of ether oxygens (including phenoxy) is 1. The van der Waals surface area contributed by atoms with Gasteiger partial charge in [0, 0.05) is 68.0 Å². The lowest BCUT2D eigenvalue weighted by Gasteiger charge is -2.35. The Bertz CT molecular complexity index is 1420. The molecule has 0 amide bonds. The molecule has 3 N–H and O–H groups in total. The first-order chi connectivity index (χ1) is 18.4. The lowest BCUT2D eigenvalue weighted by molar-refractivity contribution is 0.229. The molecule has 0 bridgehead atoms. The van der Waals surface area contributed by atoms with Crippen LogP contribution < -0.4 is 15.0 Å². The van der Waals surface area contributed by atoms with E-state index in [-0.39, 0.29) is 6.01 Å². The van der Waals surface area contributed by atoms with Crippen molar-refractivity contribution in [3.05, 3.63) is 52.8 Å². The minimum Gasteiger partial charge on any atom is -0.423 e. The Morgan fingerprint density at radius 2 is 1.92 bits per heavy atom. The van der Waals surface area contributed by atoms with E-state index in [9.17, 15) is 0 Å². The SMILES string of the molecule is C/C=C/c1cc(Nc2cc(N3CCN(CCN(C)C)CC3)nc(Oc3ccc4[nH]c(C)cc4c3Cl)n2)n[nH]1. The van der Waals surface area contributed by atoms with Gasteiger partial charge in [-0.25, -0.2) is 0 Å². The van der Waals surface area contributed by atoms with E-state index < -0.39 is 0 Å². The zero-order valence-electron chi connectivity index (χ0n) is 22.3. The number of aromatic nitrogens is 5. The van der Waals surface area contributed by atoms with Gasteiger partial charge in [-0.05, 0) is 52.2 Å². The summed E-state index contributed by atoms with van der Waals surface area (Å²) in [6.07, 6.45) is 3.91. The number of H-pyrrole nitrogens is 2. The molecule has 0 atom stereocenters. The topological polar surface area (TPSA) is 101 Å². The second-order valence-corrected chi connectivity index (χ2v) is 10.1. The number of benzene rings is 1. The van der Waals surface area contributed by atoms with Gasteiger partial charge < -0.3 is 24.8 Å². The van der Waals surface area contributed by atoms with Crippen LogP contribution in [0.3, 0.4) is 0 Å². The summed E-state index contributed by atoms with van der Waals surface area (Å²) in [5, 5.41) is 12.1. The Morgan fingerprint density at radius 3 is 2.68 bits per heavy atom. The minimum absolute atomic E-state index is 0.220. The monoisotopic (exact) mass is 535 g/mol. The maximum atomic E-state index is 6.71. The molecule has 3 aromatic heterocycles. The number of hydrogen-bond acceptors (Lipinski definition) is 8. The number of hydrogen-bond donors (Lipinski definition) is 3. The highest BCUT2D eigenvalue weighted by atomic mass is 35.5. The van der Waals surface area contributed by atoms with Gasteiger partial charge in [0.05, 0.1) is 10.7 Å². The first-order valence-corrected chi connectivity index (χ1v) is 13.2. The molecule has 0 aliphatic carbocycles. The molecule has 10 nitrogen and oxygen atoms in total. The van der Waals surface area contributed by atoms with Gasteiger partial charge in [0.15, 0.2) is 5.82 Å². The molecule has 38 heavy (non-hydrogen) atoms. The number of fused-ring (bicyclic) bond motifs is 1. The first-order valence-electron chi connectivity index (χ1n) is 12.8. The van der Waals surface area contributed by atoms with Gasteiger partial charge >= 0.3 is 6.01 Å². The van der Waals surface area contributed by atoms with Crippen molar-refractivity contribution in [2.75, 3.05) is 63.6 Å². The van der Waals surface area contributed by atoms with Gasteiger partial charge in [-0.1, -0.05) is 17.7 Å². The third kappa shape index (κ3) is 6.09. The van der Waals surface area contributed by atoms with Gasteiger partial charge in [0.1, 0.15) is 17.4 Å². The van der Waals surface area contributed by atoms with Gasteiger partial charge in [0.2, 0.25) is 0 Å². The fourth-order valence-corrected chi connectivity index (χ4v) is 4.75. The molecule has 4 heterocycles. The molecule has 1 aromatic carbocycles. The number of piperazine rings is 1. The normalized spacial score (nSPS) is 14.7. The molecule has 200 valence electrons. The second kappa shape index (κ2) is 11.4. The average Bonchev–Trinajstić information content (AvgIpc) is 3.50. The van der Waals surface area contributed by atoms with E-state index in [1.807, 2.05) is 56.3 Å². The quantitative estimate of drug-likeness (QED) is 0.278. The minimum atomic E-state index is 0.220. The van der Waals surface area contributed by atoms with Crippen LogP contribution in [0.15, 0.2) is 36.4 Å². The fourth-order valence-electron chi connectivity index (χ4n) is 4.49. The molecular formula is C27H34ClN9O. The van der Waals surface area contributed by atoms with E-state index in [1.54, 1.807) is 0 Å². The summed E-state index contributed by atoms with van der Waals surface area (Å²) < 4.78 is 6.18. The second-order valence-electron chi connectivity index (χ2n) is 9.75. The number of allylic oxidation sites excluding steroid dienone is 1. The van der Waals surface area contributed by atoms with Crippen LogP contribution in [-0.4, -0.2) is 88.3 Å². The predicted octanol–water partition coefficient (Wildman–Crippen LogP) is 4.90. The van der Waals surface area contributed by atoms with Crippen LogP contribution in [0.5, 0.6) is 11.8 Å². The molecule has 1 saturated heterocycles. The Hall–Kier alpha value is -3.60. The van der Waals surface area contributed by atoms with Crippen molar-refractivity contribution in [3.63, 3.8) is 0 Å². The molecule has 1 fully saturated rings. The standard InChI is InChI=1S/C27H34ClN9O/c1-5-6-19-16-24(34-33-19)30-23-17-25(37-13-11-36(12-14-37)10-9-35(3)4)32-27(31-23)38-22-8-7-21-20(26(22)28)15-18(2)29-21/h5-8,15-17,29H,9-14H2,1-4H3,(H2,30,31,32,33,34)/b6-5+. The fraction of sp³-hybridized carbons (Fsp3) is 0.370.